The molecule has 2 aliphatic rings. The van der Waals surface area contributed by atoms with E-state index in [1.165, 1.54) is 24.3 Å². The Morgan fingerprint density at radius 2 is 1.19 bits per heavy atom. The summed E-state index contributed by atoms with van der Waals surface area (Å²) < 4.78 is 26.6. The zero-order chi connectivity index (χ0) is 14.4. The van der Waals surface area contributed by atoms with Crippen molar-refractivity contribution in [3.8, 4) is 0 Å². The lowest BCUT2D eigenvalue weighted by molar-refractivity contribution is 0.218. The molecule has 0 radical (unpaired) electrons. The Morgan fingerprint density at radius 3 is 1.52 bits per heavy atom. The van der Waals surface area contributed by atoms with Crippen molar-refractivity contribution >= 4 is 0 Å². The quantitative estimate of drug-likeness (QED) is 0.808. The van der Waals surface area contributed by atoms with Crippen LogP contribution in [0.25, 0.3) is 0 Å². The highest BCUT2D eigenvalue weighted by Crippen LogP contribution is 2.54. The molecule has 0 N–H and O–H groups in total. The van der Waals surface area contributed by atoms with Gasteiger partial charge in [-0.25, -0.2) is 8.78 Å². The van der Waals surface area contributed by atoms with Gasteiger partial charge in [0.1, 0.15) is 11.6 Å². The molecule has 2 aliphatic heterocycles. The van der Waals surface area contributed by atoms with Crippen LogP contribution in [0.15, 0.2) is 48.5 Å². The molecular formula is C18H17F2N. The first-order chi connectivity index (χ1) is 10.2. The average molecular weight is 285 g/mol. The van der Waals surface area contributed by atoms with E-state index in [1.54, 1.807) is 0 Å². The van der Waals surface area contributed by atoms with E-state index in [1.807, 2.05) is 24.3 Å². The Kier molecular flexibility index (Phi) is 2.86. The summed E-state index contributed by atoms with van der Waals surface area (Å²) in [6.45, 7) is 2.11. The normalized spacial score (nSPS) is 26.2. The Balaban J connectivity index is 1.91. The Morgan fingerprint density at radius 1 is 0.762 bits per heavy atom. The van der Waals surface area contributed by atoms with Gasteiger partial charge in [-0.15, -0.1) is 0 Å². The topological polar surface area (TPSA) is 3.24 Å². The fourth-order valence-corrected chi connectivity index (χ4v) is 4.32. The zero-order valence-corrected chi connectivity index (χ0v) is 11.7. The van der Waals surface area contributed by atoms with Gasteiger partial charge in [0, 0.05) is 0 Å². The van der Waals surface area contributed by atoms with Gasteiger partial charge in [-0.1, -0.05) is 24.3 Å². The van der Waals surface area contributed by atoms with Gasteiger partial charge in [-0.2, -0.15) is 0 Å². The first kappa shape index (κ1) is 13.0. The summed E-state index contributed by atoms with van der Waals surface area (Å²) in [7, 11) is 0. The van der Waals surface area contributed by atoms with Crippen LogP contribution in [0.2, 0.25) is 0 Å². The summed E-state index contributed by atoms with van der Waals surface area (Å²) in [6, 6.07) is 13.6. The molecule has 1 nitrogen and oxygen atoms in total. The van der Waals surface area contributed by atoms with Gasteiger partial charge >= 0.3 is 0 Å². The molecule has 2 bridgehead atoms. The molecule has 3 heteroatoms. The molecule has 0 amide bonds. The number of fused-ring (bicyclic) bond motifs is 2. The lowest BCUT2D eigenvalue weighted by atomic mass is 9.75. The molecular weight excluding hydrogens is 268 g/mol. The highest BCUT2D eigenvalue weighted by atomic mass is 19.1. The molecule has 0 unspecified atom stereocenters. The van der Waals surface area contributed by atoms with Crippen molar-refractivity contribution in [2.45, 2.75) is 18.4 Å². The largest absolute Gasteiger partial charge is 0.290 e. The van der Waals surface area contributed by atoms with Crippen molar-refractivity contribution in [2.75, 3.05) is 13.1 Å². The van der Waals surface area contributed by atoms with E-state index < -0.39 is 0 Å². The van der Waals surface area contributed by atoms with E-state index in [4.69, 9.17) is 0 Å². The maximum Gasteiger partial charge on any atom is 0.123 e. The third-order valence-electron chi connectivity index (χ3n) is 5.15. The van der Waals surface area contributed by atoms with Gasteiger partial charge < -0.3 is 0 Å². The SMILES string of the molecule is Fc1ccc(C2(c3ccc(F)cc3)C3CCN2CC3)cc1. The van der Waals surface area contributed by atoms with Crippen LogP contribution in [0.1, 0.15) is 24.0 Å². The molecule has 4 rings (SSSR count). The highest BCUT2D eigenvalue weighted by molar-refractivity contribution is 5.42. The molecule has 2 aromatic rings. The number of rotatable bonds is 2. The first-order valence-corrected chi connectivity index (χ1v) is 7.48. The third-order valence-corrected chi connectivity index (χ3v) is 5.15. The molecule has 2 saturated heterocycles. The van der Waals surface area contributed by atoms with E-state index in [2.05, 4.69) is 4.90 Å². The molecule has 2 aromatic carbocycles. The van der Waals surface area contributed by atoms with Crippen LogP contribution in [0, 0.1) is 17.6 Å². The minimum atomic E-state index is -0.214. The van der Waals surface area contributed by atoms with Crippen molar-refractivity contribution in [3.63, 3.8) is 0 Å². The third kappa shape index (κ3) is 1.77. The zero-order valence-electron chi connectivity index (χ0n) is 11.7. The van der Waals surface area contributed by atoms with E-state index >= 15 is 0 Å². The minimum Gasteiger partial charge on any atom is -0.290 e. The van der Waals surface area contributed by atoms with Gasteiger partial charge in [0.05, 0.1) is 5.54 Å². The molecule has 0 spiro atoms. The monoisotopic (exact) mass is 285 g/mol. The van der Waals surface area contributed by atoms with Crippen LogP contribution in [-0.2, 0) is 5.54 Å². The van der Waals surface area contributed by atoms with Crippen molar-refractivity contribution in [1.29, 1.82) is 0 Å². The van der Waals surface area contributed by atoms with Gasteiger partial charge in [0.25, 0.3) is 0 Å². The number of nitrogens with zero attached hydrogens (tertiary/aromatic N) is 1. The fourth-order valence-electron chi connectivity index (χ4n) is 4.32. The van der Waals surface area contributed by atoms with E-state index in [9.17, 15) is 8.78 Å². The maximum atomic E-state index is 13.3. The molecule has 108 valence electrons. The number of halogens is 2. The standard InChI is InChI=1S/C18H17F2N/c19-16-5-1-13(2-6-16)18(14-3-7-17(20)8-4-14)15-9-11-21(18)12-10-15/h1-8,15H,9-12H2. The molecule has 0 aromatic heterocycles. The number of hydrogen-bond donors (Lipinski definition) is 0. The second kappa shape index (κ2) is 4.63. The Bertz CT molecular complexity index is 580. The molecule has 0 atom stereocenters. The second-order valence-corrected chi connectivity index (χ2v) is 6.04. The summed E-state index contributed by atoms with van der Waals surface area (Å²) in [5.41, 5.74) is 2.03. The number of hydrogen-bond acceptors (Lipinski definition) is 1. The van der Waals surface area contributed by atoms with E-state index in [0.29, 0.717) is 5.92 Å². The van der Waals surface area contributed by atoms with Crippen molar-refractivity contribution in [2.24, 2.45) is 5.92 Å². The average Bonchev–Trinajstić information content (AvgIpc) is 3.05. The van der Waals surface area contributed by atoms with Gasteiger partial charge in [0.15, 0.2) is 0 Å². The number of piperidine rings is 1. The van der Waals surface area contributed by atoms with Crippen molar-refractivity contribution in [3.05, 3.63) is 71.3 Å². The summed E-state index contributed by atoms with van der Waals surface area (Å²) in [5, 5.41) is 0. The Hall–Kier alpha value is -1.74. The predicted octanol–water partition coefficient (Wildman–Crippen LogP) is 3.93. The molecule has 2 heterocycles. The first-order valence-electron chi connectivity index (χ1n) is 7.48. The van der Waals surface area contributed by atoms with Crippen LogP contribution >= 0.6 is 0 Å². The van der Waals surface area contributed by atoms with Gasteiger partial charge in [-0.05, 0) is 67.2 Å². The molecule has 0 aliphatic carbocycles. The molecule has 21 heavy (non-hydrogen) atoms. The van der Waals surface area contributed by atoms with Crippen LogP contribution in [0.4, 0.5) is 8.78 Å². The molecule has 2 fully saturated rings. The highest BCUT2D eigenvalue weighted by Gasteiger charge is 2.54. The number of benzene rings is 2. The fraction of sp³-hybridized carbons (Fsp3) is 0.333. The summed E-state index contributed by atoms with van der Waals surface area (Å²) in [4.78, 5) is 2.47. The smallest absolute Gasteiger partial charge is 0.123 e. The lowest BCUT2D eigenvalue weighted by Gasteiger charge is -2.37. The minimum absolute atomic E-state index is 0.207. The van der Waals surface area contributed by atoms with Crippen molar-refractivity contribution < 1.29 is 8.78 Å². The van der Waals surface area contributed by atoms with Crippen LogP contribution in [0.3, 0.4) is 0 Å². The van der Waals surface area contributed by atoms with Crippen LogP contribution < -0.4 is 0 Å². The Labute approximate surface area is 123 Å². The molecule has 0 saturated carbocycles. The van der Waals surface area contributed by atoms with Gasteiger partial charge in [0.2, 0.25) is 0 Å². The maximum absolute atomic E-state index is 13.3. The van der Waals surface area contributed by atoms with E-state index in [-0.39, 0.29) is 17.2 Å². The van der Waals surface area contributed by atoms with Crippen LogP contribution in [-0.4, -0.2) is 18.0 Å². The summed E-state index contributed by atoms with van der Waals surface area (Å²) in [5.74, 6) is 0.0927. The summed E-state index contributed by atoms with van der Waals surface area (Å²) in [6.07, 6.45) is 2.30. The van der Waals surface area contributed by atoms with Crippen molar-refractivity contribution in [1.82, 2.24) is 4.90 Å². The predicted molar refractivity (Wildman–Crippen MR) is 77.9 cm³/mol. The lowest BCUT2D eigenvalue weighted by Crippen LogP contribution is -2.40. The van der Waals surface area contributed by atoms with Gasteiger partial charge in [-0.3, -0.25) is 4.90 Å². The van der Waals surface area contributed by atoms with E-state index in [0.717, 1.165) is 37.1 Å². The summed E-state index contributed by atoms with van der Waals surface area (Å²) >= 11 is 0. The second-order valence-electron chi connectivity index (χ2n) is 6.04. The van der Waals surface area contributed by atoms with Crippen LogP contribution in [0.5, 0.6) is 0 Å².